The smallest absolute Gasteiger partial charge is 0.309 e. The second-order valence-electron chi connectivity index (χ2n) is 7.47. The van der Waals surface area contributed by atoms with Crippen LogP contribution in [-0.4, -0.2) is 41.3 Å². The van der Waals surface area contributed by atoms with E-state index in [9.17, 15) is 9.59 Å². The van der Waals surface area contributed by atoms with Crippen molar-refractivity contribution < 1.29 is 23.8 Å². The molecule has 20 heavy (non-hydrogen) atoms. The average molecular weight is 278 g/mol. The SMILES string of the molecule is C[C@@H]1C(=O)O[C@H]2[C@H]1CC[C@@]1(C)C(=O)[C@H]3O[C@H]3[C@@]3(C)O[C@@]213. The van der Waals surface area contributed by atoms with Gasteiger partial charge < -0.3 is 14.2 Å². The fourth-order valence-electron chi connectivity index (χ4n) is 5.43. The maximum atomic E-state index is 12.7. The van der Waals surface area contributed by atoms with Gasteiger partial charge in [0.15, 0.2) is 5.78 Å². The van der Waals surface area contributed by atoms with Gasteiger partial charge in [-0.3, -0.25) is 9.59 Å². The average Bonchev–Trinajstić information content (AvgIpc) is 3.27. The molecule has 0 aromatic carbocycles. The minimum atomic E-state index is -0.655. The lowest BCUT2D eigenvalue weighted by Gasteiger charge is -2.46. The number of hydrogen-bond donors (Lipinski definition) is 0. The van der Waals surface area contributed by atoms with Crippen molar-refractivity contribution in [3.05, 3.63) is 0 Å². The molecule has 2 aliphatic carbocycles. The van der Waals surface area contributed by atoms with Gasteiger partial charge in [0.05, 0.1) is 11.3 Å². The van der Waals surface area contributed by atoms with E-state index in [0.29, 0.717) is 0 Å². The molecule has 5 fully saturated rings. The normalized spacial score (nSPS) is 65.7. The molecule has 5 aliphatic rings. The number of hydrogen-bond acceptors (Lipinski definition) is 5. The van der Waals surface area contributed by atoms with Crippen molar-refractivity contribution in [3.63, 3.8) is 0 Å². The van der Waals surface area contributed by atoms with Gasteiger partial charge in [0.25, 0.3) is 0 Å². The van der Waals surface area contributed by atoms with Crippen LogP contribution in [0.25, 0.3) is 0 Å². The Morgan fingerprint density at radius 3 is 2.70 bits per heavy atom. The zero-order valence-corrected chi connectivity index (χ0v) is 11.8. The van der Waals surface area contributed by atoms with Gasteiger partial charge in [-0.15, -0.1) is 0 Å². The van der Waals surface area contributed by atoms with Crippen LogP contribution in [0, 0.1) is 17.3 Å². The Morgan fingerprint density at radius 2 is 1.95 bits per heavy atom. The number of carbonyl (C=O) groups is 2. The van der Waals surface area contributed by atoms with E-state index in [1.807, 2.05) is 20.8 Å². The number of fused-ring (bicyclic) bond motifs is 3. The lowest BCUT2D eigenvalue weighted by atomic mass is 9.52. The summed E-state index contributed by atoms with van der Waals surface area (Å²) in [4.78, 5) is 24.7. The molecule has 5 heteroatoms. The van der Waals surface area contributed by atoms with Gasteiger partial charge >= 0.3 is 5.97 Å². The summed E-state index contributed by atoms with van der Waals surface area (Å²) >= 11 is 0. The summed E-state index contributed by atoms with van der Waals surface area (Å²) in [5, 5.41) is 0. The zero-order chi connectivity index (χ0) is 14.1. The van der Waals surface area contributed by atoms with Crippen LogP contribution in [0.4, 0.5) is 0 Å². The fraction of sp³-hybridized carbons (Fsp3) is 0.867. The van der Waals surface area contributed by atoms with E-state index in [2.05, 4.69) is 0 Å². The van der Waals surface area contributed by atoms with Crippen LogP contribution in [0.1, 0.15) is 33.6 Å². The quantitative estimate of drug-likeness (QED) is 0.485. The number of ether oxygens (including phenoxy) is 3. The maximum absolute atomic E-state index is 12.7. The number of carbonyl (C=O) groups excluding carboxylic acids is 2. The first-order valence-corrected chi connectivity index (χ1v) is 7.47. The first-order valence-electron chi connectivity index (χ1n) is 7.47. The van der Waals surface area contributed by atoms with Crippen molar-refractivity contribution in [3.8, 4) is 0 Å². The summed E-state index contributed by atoms with van der Waals surface area (Å²) in [6.07, 6.45) is 0.875. The fourth-order valence-corrected chi connectivity index (χ4v) is 5.43. The van der Waals surface area contributed by atoms with Crippen LogP contribution in [0.3, 0.4) is 0 Å². The van der Waals surface area contributed by atoms with E-state index in [1.165, 1.54) is 0 Å². The molecule has 0 unspecified atom stereocenters. The lowest BCUT2D eigenvalue weighted by molar-refractivity contribution is -0.156. The second kappa shape index (κ2) is 2.83. The van der Waals surface area contributed by atoms with Crippen molar-refractivity contribution >= 4 is 11.8 Å². The van der Waals surface area contributed by atoms with Crippen LogP contribution in [0.5, 0.6) is 0 Å². The van der Waals surface area contributed by atoms with E-state index in [0.717, 1.165) is 12.8 Å². The molecule has 8 atom stereocenters. The van der Waals surface area contributed by atoms with Crippen molar-refractivity contribution in [1.29, 1.82) is 0 Å². The van der Waals surface area contributed by atoms with Crippen molar-refractivity contribution in [1.82, 2.24) is 0 Å². The van der Waals surface area contributed by atoms with Gasteiger partial charge in [0.2, 0.25) is 0 Å². The van der Waals surface area contributed by atoms with Crippen LogP contribution in [-0.2, 0) is 23.8 Å². The van der Waals surface area contributed by atoms with E-state index >= 15 is 0 Å². The van der Waals surface area contributed by atoms with Crippen molar-refractivity contribution in [2.24, 2.45) is 17.3 Å². The topological polar surface area (TPSA) is 68.4 Å². The molecular weight excluding hydrogens is 260 g/mol. The highest BCUT2D eigenvalue weighted by Gasteiger charge is 2.93. The van der Waals surface area contributed by atoms with Gasteiger partial charge in [-0.2, -0.15) is 0 Å². The number of ketones is 1. The molecule has 0 N–H and O–H groups in total. The van der Waals surface area contributed by atoms with Crippen LogP contribution in [0.2, 0.25) is 0 Å². The van der Waals surface area contributed by atoms with Gasteiger partial charge in [0, 0.05) is 5.92 Å². The lowest BCUT2D eigenvalue weighted by Crippen LogP contribution is -2.63. The maximum Gasteiger partial charge on any atom is 0.309 e. The molecule has 3 heterocycles. The number of rotatable bonds is 0. The highest BCUT2D eigenvalue weighted by atomic mass is 16.7. The summed E-state index contributed by atoms with van der Waals surface area (Å²) in [6, 6.07) is 0. The van der Waals surface area contributed by atoms with Gasteiger partial charge in [-0.1, -0.05) is 6.92 Å². The molecule has 5 rings (SSSR count). The molecule has 3 saturated heterocycles. The van der Waals surface area contributed by atoms with E-state index in [4.69, 9.17) is 14.2 Å². The minimum absolute atomic E-state index is 0.0969. The first kappa shape index (κ1) is 11.7. The van der Waals surface area contributed by atoms with E-state index < -0.39 is 16.6 Å². The number of epoxide rings is 2. The Bertz CT molecular complexity index is 573. The largest absolute Gasteiger partial charge is 0.459 e. The summed E-state index contributed by atoms with van der Waals surface area (Å²) in [6.45, 7) is 5.92. The van der Waals surface area contributed by atoms with Crippen LogP contribution in [0.15, 0.2) is 0 Å². The Balaban J connectivity index is 1.68. The van der Waals surface area contributed by atoms with Crippen LogP contribution < -0.4 is 0 Å². The Labute approximate surface area is 116 Å². The summed E-state index contributed by atoms with van der Waals surface area (Å²) in [5.41, 5.74) is -1.70. The second-order valence-corrected chi connectivity index (χ2v) is 7.47. The Hall–Kier alpha value is -0.940. The first-order chi connectivity index (χ1) is 9.37. The molecule has 0 aromatic heterocycles. The Morgan fingerprint density at radius 1 is 1.20 bits per heavy atom. The molecule has 0 bridgehead atoms. The number of Topliss-reactive ketones (excluding diaryl/α,β-unsaturated/α-hetero) is 1. The molecule has 0 radical (unpaired) electrons. The predicted molar refractivity (Wildman–Crippen MR) is 65.8 cm³/mol. The van der Waals surface area contributed by atoms with Crippen molar-refractivity contribution in [2.75, 3.05) is 0 Å². The third-order valence-electron chi connectivity index (χ3n) is 6.75. The number of esters is 1. The Kier molecular flexibility index (Phi) is 1.66. The zero-order valence-electron chi connectivity index (χ0n) is 11.8. The van der Waals surface area contributed by atoms with Crippen LogP contribution >= 0.6 is 0 Å². The predicted octanol–water partition coefficient (Wildman–Crippen LogP) is 0.842. The molecule has 108 valence electrons. The van der Waals surface area contributed by atoms with Gasteiger partial charge in [0.1, 0.15) is 29.5 Å². The summed E-state index contributed by atoms with van der Waals surface area (Å²) in [7, 11) is 0. The van der Waals surface area contributed by atoms with E-state index in [1.54, 1.807) is 0 Å². The minimum Gasteiger partial charge on any atom is -0.459 e. The standard InChI is InChI=1S/C15H18O5/c1-6-7-4-5-13(2)9(16)8-11(18-8)14(3)15(13,20-14)10(7)19-12(6)17/h6-8,10-11H,4-5H2,1-3H3/t6-,7-,8+,10-,11+,13-,14+,15-/m0/s1. The molecule has 0 amide bonds. The third-order valence-corrected chi connectivity index (χ3v) is 6.75. The highest BCUT2D eigenvalue weighted by molar-refractivity contribution is 5.96. The molecule has 3 aliphatic heterocycles. The molecule has 2 saturated carbocycles. The van der Waals surface area contributed by atoms with Crippen molar-refractivity contribution in [2.45, 2.75) is 63.1 Å². The molecule has 0 aromatic rings. The molecular formula is C15H18O5. The molecule has 1 spiro atoms. The monoisotopic (exact) mass is 278 g/mol. The van der Waals surface area contributed by atoms with Gasteiger partial charge in [-0.25, -0.2) is 0 Å². The summed E-state index contributed by atoms with van der Waals surface area (Å²) < 4.78 is 17.4. The van der Waals surface area contributed by atoms with Gasteiger partial charge in [-0.05, 0) is 26.7 Å². The summed E-state index contributed by atoms with van der Waals surface area (Å²) in [5.74, 6) is 0.0649. The highest BCUT2D eigenvalue weighted by Crippen LogP contribution is 2.75. The van der Waals surface area contributed by atoms with E-state index in [-0.39, 0.29) is 41.9 Å². The molecule has 5 nitrogen and oxygen atoms in total. The third kappa shape index (κ3) is 0.871.